The number of carboxylic acid groups (broad SMARTS) is 1. The number of rotatable bonds is 1. The molecule has 1 aliphatic heterocycles. The van der Waals surface area contributed by atoms with E-state index in [2.05, 4.69) is 4.74 Å². The predicted octanol–water partition coefficient (Wildman–Crippen LogP) is 0.302. The van der Waals surface area contributed by atoms with E-state index in [1.807, 2.05) is 0 Å². The van der Waals surface area contributed by atoms with E-state index in [1.165, 1.54) is 12.0 Å². The number of aliphatic carboxylic acids is 1. The van der Waals surface area contributed by atoms with Gasteiger partial charge in [0.25, 0.3) is 0 Å². The van der Waals surface area contributed by atoms with E-state index in [0.29, 0.717) is 13.0 Å². The van der Waals surface area contributed by atoms with Crippen molar-refractivity contribution in [1.82, 2.24) is 4.90 Å². The van der Waals surface area contributed by atoms with Gasteiger partial charge in [-0.2, -0.15) is 0 Å². The van der Waals surface area contributed by atoms with Gasteiger partial charge in [0, 0.05) is 6.54 Å². The summed E-state index contributed by atoms with van der Waals surface area (Å²) in [7, 11) is 1.25. The summed E-state index contributed by atoms with van der Waals surface area (Å²) in [5, 5.41) is 8.68. The van der Waals surface area contributed by atoms with Gasteiger partial charge < -0.3 is 9.84 Å². The van der Waals surface area contributed by atoms with Crippen LogP contribution in [0.3, 0.4) is 0 Å². The van der Waals surface area contributed by atoms with Crippen molar-refractivity contribution < 1.29 is 19.4 Å². The largest absolute Gasteiger partial charge is 0.480 e. The summed E-state index contributed by atoms with van der Waals surface area (Å²) in [6.07, 6.45) is 0.691. The van der Waals surface area contributed by atoms with Gasteiger partial charge in [-0.25, -0.2) is 9.59 Å². The van der Waals surface area contributed by atoms with E-state index in [9.17, 15) is 9.59 Å². The van der Waals surface area contributed by atoms with Crippen molar-refractivity contribution in [3.05, 3.63) is 0 Å². The zero-order valence-electron chi connectivity index (χ0n) is 6.82. The molecule has 0 spiro atoms. The minimum atomic E-state index is -0.960. The maximum absolute atomic E-state index is 11.0. The van der Waals surface area contributed by atoms with Crippen LogP contribution in [0.25, 0.3) is 0 Å². The quantitative estimate of drug-likeness (QED) is 0.619. The second kappa shape index (κ2) is 3.42. The number of carbonyl (C=O) groups is 2. The van der Waals surface area contributed by atoms with E-state index in [0.717, 1.165) is 6.42 Å². The molecule has 0 saturated carbocycles. The van der Waals surface area contributed by atoms with Gasteiger partial charge >= 0.3 is 12.1 Å². The first-order valence-electron chi connectivity index (χ1n) is 3.74. The summed E-state index contributed by atoms with van der Waals surface area (Å²) in [6.45, 7) is 0.476. The lowest BCUT2D eigenvalue weighted by Crippen LogP contribution is -2.40. The Hall–Kier alpha value is -1.26. The number of amides is 1. The van der Waals surface area contributed by atoms with Crippen LogP contribution in [0, 0.1) is 0 Å². The van der Waals surface area contributed by atoms with E-state index >= 15 is 0 Å². The second-order valence-corrected chi connectivity index (χ2v) is 2.66. The summed E-state index contributed by atoms with van der Waals surface area (Å²) in [4.78, 5) is 22.8. The van der Waals surface area contributed by atoms with Crippen molar-refractivity contribution in [2.75, 3.05) is 13.7 Å². The van der Waals surface area contributed by atoms with Gasteiger partial charge in [-0.1, -0.05) is 0 Å². The fourth-order valence-corrected chi connectivity index (χ4v) is 1.36. The average molecular weight is 173 g/mol. The van der Waals surface area contributed by atoms with Crippen molar-refractivity contribution in [2.24, 2.45) is 0 Å². The van der Waals surface area contributed by atoms with Gasteiger partial charge in [0.2, 0.25) is 0 Å². The van der Waals surface area contributed by atoms with Crippen molar-refractivity contribution >= 4 is 12.1 Å². The minimum Gasteiger partial charge on any atom is -0.480 e. The SMILES string of the molecule is COC(=O)N1CCCC1C(=O)O. The summed E-state index contributed by atoms with van der Waals surface area (Å²) in [6, 6.07) is -0.697. The Labute approximate surface area is 69.9 Å². The maximum atomic E-state index is 11.0. The van der Waals surface area contributed by atoms with Crippen molar-refractivity contribution in [3.8, 4) is 0 Å². The Morgan fingerprint density at radius 3 is 2.75 bits per heavy atom. The zero-order chi connectivity index (χ0) is 9.14. The minimum absolute atomic E-state index is 0.476. The second-order valence-electron chi connectivity index (χ2n) is 2.66. The standard InChI is InChI=1S/C7H11NO4/c1-12-7(11)8-4-2-3-5(8)6(9)10/h5H,2-4H2,1H3,(H,9,10). The van der Waals surface area contributed by atoms with E-state index in [-0.39, 0.29) is 0 Å². The molecule has 0 bridgehead atoms. The Bertz CT molecular complexity index is 204. The normalized spacial score (nSPS) is 22.4. The molecule has 0 radical (unpaired) electrons. The number of carboxylic acids is 1. The van der Waals surface area contributed by atoms with Gasteiger partial charge in [-0.15, -0.1) is 0 Å². The monoisotopic (exact) mass is 173 g/mol. The van der Waals surface area contributed by atoms with Crippen LogP contribution in [0.1, 0.15) is 12.8 Å². The van der Waals surface area contributed by atoms with Gasteiger partial charge in [-0.3, -0.25) is 4.90 Å². The van der Waals surface area contributed by atoms with E-state index in [4.69, 9.17) is 5.11 Å². The molecule has 1 rings (SSSR count). The Balaban J connectivity index is 2.63. The molecule has 0 aromatic carbocycles. The molecule has 5 heteroatoms. The van der Waals surface area contributed by atoms with Gasteiger partial charge in [-0.05, 0) is 12.8 Å². The lowest BCUT2D eigenvalue weighted by atomic mass is 10.2. The molecule has 1 amide bonds. The molecule has 0 aromatic heterocycles. The third kappa shape index (κ3) is 1.49. The maximum Gasteiger partial charge on any atom is 0.410 e. The number of hydrogen-bond donors (Lipinski definition) is 1. The number of ether oxygens (including phenoxy) is 1. The lowest BCUT2D eigenvalue weighted by Gasteiger charge is -2.19. The van der Waals surface area contributed by atoms with Crippen LogP contribution < -0.4 is 0 Å². The Morgan fingerprint density at radius 1 is 1.58 bits per heavy atom. The third-order valence-corrected chi connectivity index (χ3v) is 1.95. The van der Waals surface area contributed by atoms with Gasteiger partial charge in [0.05, 0.1) is 7.11 Å². The van der Waals surface area contributed by atoms with Crippen LogP contribution in [0.2, 0.25) is 0 Å². The lowest BCUT2D eigenvalue weighted by molar-refractivity contribution is -0.141. The first-order valence-corrected chi connectivity index (χ1v) is 3.74. The summed E-state index contributed by atoms with van der Waals surface area (Å²) >= 11 is 0. The summed E-state index contributed by atoms with van der Waals surface area (Å²) in [5.74, 6) is -0.960. The van der Waals surface area contributed by atoms with Crippen molar-refractivity contribution in [1.29, 1.82) is 0 Å². The van der Waals surface area contributed by atoms with Crippen LogP contribution in [-0.2, 0) is 9.53 Å². The Kier molecular flexibility index (Phi) is 2.52. The number of nitrogens with zero attached hydrogens (tertiary/aromatic N) is 1. The predicted molar refractivity (Wildman–Crippen MR) is 39.8 cm³/mol. The molecule has 68 valence electrons. The van der Waals surface area contributed by atoms with Crippen LogP contribution in [0.15, 0.2) is 0 Å². The molecule has 1 atom stereocenters. The fourth-order valence-electron chi connectivity index (χ4n) is 1.36. The Morgan fingerprint density at radius 2 is 2.25 bits per heavy atom. The molecule has 12 heavy (non-hydrogen) atoms. The topological polar surface area (TPSA) is 66.8 Å². The molecule has 1 heterocycles. The molecule has 1 saturated heterocycles. The number of methoxy groups -OCH3 is 1. The average Bonchev–Trinajstić information content (AvgIpc) is 2.50. The van der Waals surface area contributed by atoms with Crippen LogP contribution >= 0.6 is 0 Å². The number of carbonyl (C=O) groups excluding carboxylic acids is 1. The first kappa shape index (κ1) is 8.83. The molecule has 1 aliphatic rings. The van der Waals surface area contributed by atoms with Crippen molar-refractivity contribution in [3.63, 3.8) is 0 Å². The van der Waals surface area contributed by atoms with E-state index in [1.54, 1.807) is 0 Å². The number of hydrogen-bond acceptors (Lipinski definition) is 3. The smallest absolute Gasteiger partial charge is 0.410 e. The van der Waals surface area contributed by atoms with Crippen molar-refractivity contribution in [2.45, 2.75) is 18.9 Å². The van der Waals surface area contributed by atoms with Crippen LogP contribution in [0.4, 0.5) is 4.79 Å². The zero-order valence-corrected chi connectivity index (χ0v) is 6.82. The van der Waals surface area contributed by atoms with Gasteiger partial charge in [0.15, 0.2) is 0 Å². The molecular weight excluding hydrogens is 162 g/mol. The molecule has 1 unspecified atom stereocenters. The van der Waals surface area contributed by atoms with Gasteiger partial charge in [0.1, 0.15) is 6.04 Å². The molecule has 5 nitrogen and oxygen atoms in total. The van der Waals surface area contributed by atoms with E-state index < -0.39 is 18.1 Å². The summed E-state index contributed by atoms with van der Waals surface area (Å²) in [5.41, 5.74) is 0. The molecular formula is C7H11NO4. The van der Waals surface area contributed by atoms with Crippen LogP contribution in [-0.4, -0.2) is 41.8 Å². The fraction of sp³-hybridized carbons (Fsp3) is 0.714. The molecule has 0 aromatic rings. The summed E-state index contributed by atoms with van der Waals surface area (Å²) < 4.78 is 4.44. The molecule has 0 aliphatic carbocycles. The van der Waals surface area contributed by atoms with Crippen LogP contribution in [0.5, 0.6) is 0 Å². The third-order valence-electron chi connectivity index (χ3n) is 1.95. The number of likely N-dealkylation sites (tertiary alicyclic amines) is 1. The highest BCUT2D eigenvalue weighted by atomic mass is 16.5. The molecule has 1 fully saturated rings. The highest BCUT2D eigenvalue weighted by Gasteiger charge is 2.34. The highest BCUT2D eigenvalue weighted by molar-refractivity contribution is 5.80. The molecule has 1 N–H and O–H groups in total. The highest BCUT2D eigenvalue weighted by Crippen LogP contribution is 2.17. The first-order chi connectivity index (χ1) is 5.66.